The lowest BCUT2D eigenvalue weighted by Gasteiger charge is -2.14. The van der Waals surface area contributed by atoms with Gasteiger partial charge in [-0.25, -0.2) is 4.98 Å². The Morgan fingerprint density at radius 3 is 2.50 bits per heavy atom. The second kappa shape index (κ2) is 10.5. The largest absolute Gasteiger partial charge is 0.464 e. The van der Waals surface area contributed by atoms with Gasteiger partial charge in [-0.15, -0.1) is 11.3 Å². The van der Waals surface area contributed by atoms with Crippen LogP contribution in [0.2, 0.25) is 0 Å². The molecule has 2 amide bonds. The van der Waals surface area contributed by atoms with Crippen LogP contribution < -0.4 is 16.4 Å². The van der Waals surface area contributed by atoms with Gasteiger partial charge in [0.2, 0.25) is 0 Å². The van der Waals surface area contributed by atoms with E-state index >= 15 is 0 Å². The number of hydrogen-bond acceptors (Lipinski definition) is 6. The van der Waals surface area contributed by atoms with Crippen molar-refractivity contribution in [2.24, 2.45) is 0 Å². The molecule has 2 aromatic carbocycles. The number of nitrogens with two attached hydrogens (primary N) is 1. The summed E-state index contributed by atoms with van der Waals surface area (Å²) in [7, 11) is 0. The molecule has 0 aliphatic heterocycles. The fraction of sp³-hybridized carbons (Fsp3) is 0.167. The third-order valence-corrected chi connectivity index (χ3v) is 7.53. The molecule has 0 aliphatic carbocycles. The maximum atomic E-state index is 13.7. The minimum absolute atomic E-state index is 0.272. The van der Waals surface area contributed by atoms with Crippen molar-refractivity contribution in [2.45, 2.75) is 27.2 Å². The number of nitrogens with one attached hydrogen (secondary N) is 2. The van der Waals surface area contributed by atoms with Gasteiger partial charge >= 0.3 is 0 Å². The summed E-state index contributed by atoms with van der Waals surface area (Å²) < 4.78 is 5.74. The normalized spacial score (nSPS) is 11.0. The highest BCUT2D eigenvalue weighted by molar-refractivity contribution is 7.21. The molecule has 192 valence electrons. The van der Waals surface area contributed by atoms with Crippen LogP contribution in [0.1, 0.15) is 42.4 Å². The molecule has 5 aromatic rings. The summed E-state index contributed by atoms with van der Waals surface area (Å²) in [5.41, 5.74) is 12.2. The fourth-order valence-electron chi connectivity index (χ4n) is 4.56. The van der Waals surface area contributed by atoms with E-state index in [9.17, 15) is 9.59 Å². The number of rotatable bonds is 7. The average molecular weight is 525 g/mol. The van der Waals surface area contributed by atoms with E-state index in [0.717, 1.165) is 16.7 Å². The standard InChI is InChI=1S/C30H28N4O3S/c1-17-11-12-21(18(2)16-17)34-28(35)23-19(3)33-30-25(24(23)22-10-7-15-37-22)26(31)27(38-30)29(36)32-14-13-20-8-5-4-6-9-20/h4-12,15-16H,13-14,31H2,1-3H3,(H,32,36)(H,34,35). The van der Waals surface area contributed by atoms with Crippen molar-refractivity contribution in [3.63, 3.8) is 0 Å². The van der Waals surface area contributed by atoms with Crippen LogP contribution >= 0.6 is 11.3 Å². The van der Waals surface area contributed by atoms with E-state index in [0.29, 0.717) is 56.3 Å². The van der Waals surface area contributed by atoms with Crippen LogP contribution in [0.4, 0.5) is 11.4 Å². The molecule has 7 nitrogen and oxygen atoms in total. The van der Waals surface area contributed by atoms with Crippen LogP contribution in [0.25, 0.3) is 21.5 Å². The predicted octanol–water partition coefficient (Wildman–Crippen LogP) is 6.29. The van der Waals surface area contributed by atoms with E-state index in [-0.39, 0.29) is 17.5 Å². The van der Waals surface area contributed by atoms with Gasteiger partial charge in [-0.3, -0.25) is 9.59 Å². The number of carbonyl (C=O) groups excluding carboxylic acids is 2. The number of aryl methyl sites for hydroxylation is 3. The number of aromatic nitrogens is 1. The number of hydrogen-bond donors (Lipinski definition) is 3. The summed E-state index contributed by atoms with van der Waals surface area (Å²) in [5, 5.41) is 6.51. The number of nitrogens with zero attached hydrogens (tertiary/aromatic N) is 1. The first-order valence-corrected chi connectivity index (χ1v) is 13.1. The Balaban J connectivity index is 1.53. The SMILES string of the molecule is Cc1ccc(NC(=O)c2c(C)nc3sc(C(=O)NCCc4ccccc4)c(N)c3c2-c2ccco2)c(C)c1. The topological polar surface area (TPSA) is 110 Å². The van der Waals surface area contributed by atoms with E-state index in [1.165, 1.54) is 11.3 Å². The van der Waals surface area contributed by atoms with Crippen LogP contribution in [0.15, 0.2) is 71.3 Å². The Bertz CT molecular complexity index is 1640. The molecule has 0 fully saturated rings. The summed E-state index contributed by atoms with van der Waals surface area (Å²) in [4.78, 5) is 32.4. The Labute approximate surface area is 224 Å². The molecular weight excluding hydrogens is 496 g/mol. The van der Waals surface area contributed by atoms with Gasteiger partial charge < -0.3 is 20.8 Å². The third kappa shape index (κ3) is 4.90. The van der Waals surface area contributed by atoms with Crippen molar-refractivity contribution in [2.75, 3.05) is 17.6 Å². The highest BCUT2D eigenvalue weighted by Crippen LogP contribution is 2.42. The first kappa shape index (κ1) is 25.2. The van der Waals surface area contributed by atoms with E-state index < -0.39 is 0 Å². The Hall–Kier alpha value is -4.43. The maximum Gasteiger partial charge on any atom is 0.263 e. The van der Waals surface area contributed by atoms with Gasteiger partial charge in [-0.05, 0) is 56.5 Å². The molecule has 0 radical (unpaired) electrons. The minimum Gasteiger partial charge on any atom is -0.464 e. The summed E-state index contributed by atoms with van der Waals surface area (Å²) in [6.45, 7) is 6.20. The van der Waals surface area contributed by atoms with Crippen molar-refractivity contribution < 1.29 is 14.0 Å². The Kier molecular flexibility index (Phi) is 6.98. The highest BCUT2D eigenvalue weighted by Gasteiger charge is 2.28. The predicted molar refractivity (Wildman–Crippen MR) is 153 cm³/mol. The van der Waals surface area contributed by atoms with Crippen molar-refractivity contribution in [3.05, 3.63) is 99.8 Å². The molecular formula is C30H28N4O3S. The molecule has 0 saturated carbocycles. The van der Waals surface area contributed by atoms with Gasteiger partial charge in [0.1, 0.15) is 15.5 Å². The number of amides is 2. The Morgan fingerprint density at radius 2 is 1.79 bits per heavy atom. The monoisotopic (exact) mass is 524 g/mol. The molecule has 3 heterocycles. The summed E-state index contributed by atoms with van der Waals surface area (Å²) >= 11 is 1.21. The summed E-state index contributed by atoms with van der Waals surface area (Å²) in [6.07, 6.45) is 2.25. The van der Waals surface area contributed by atoms with Crippen LogP contribution in [0.5, 0.6) is 0 Å². The van der Waals surface area contributed by atoms with Crippen LogP contribution in [0, 0.1) is 20.8 Å². The zero-order valence-corrected chi connectivity index (χ0v) is 22.2. The number of anilines is 2. The highest BCUT2D eigenvalue weighted by atomic mass is 32.1. The lowest BCUT2D eigenvalue weighted by molar-refractivity contribution is 0.0958. The maximum absolute atomic E-state index is 13.7. The van der Waals surface area contributed by atoms with Crippen LogP contribution in [-0.4, -0.2) is 23.3 Å². The summed E-state index contributed by atoms with van der Waals surface area (Å²) in [5.74, 6) is -0.118. The molecule has 0 aliphatic rings. The average Bonchev–Trinajstić information content (AvgIpc) is 3.54. The van der Waals surface area contributed by atoms with Gasteiger partial charge in [-0.1, -0.05) is 48.0 Å². The molecule has 0 bridgehead atoms. The number of thiophene rings is 1. The first-order chi connectivity index (χ1) is 18.3. The summed E-state index contributed by atoms with van der Waals surface area (Å²) in [6, 6.07) is 19.3. The minimum atomic E-state index is -0.324. The van der Waals surface area contributed by atoms with E-state index in [4.69, 9.17) is 15.1 Å². The van der Waals surface area contributed by atoms with Gasteiger partial charge in [0.05, 0.1) is 23.2 Å². The van der Waals surface area contributed by atoms with Gasteiger partial charge in [0.25, 0.3) is 11.8 Å². The zero-order chi connectivity index (χ0) is 26.8. The molecule has 4 N–H and O–H groups in total. The lowest BCUT2D eigenvalue weighted by Crippen LogP contribution is -2.25. The molecule has 0 atom stereocenters. The number of pyridine rings is 1. The van der Waals surface area contributed by atoms with Gasteiger partial charge in [0, 0.05) is 23.2 Å². The third-order valence-electron chi connectivity index (χ3n) is 6.43. The fourth-order valence-corrected chi connectivity index (χ4v) is 5.63. The molecule has 8 heteroatoms. The molecule has 0 saturated heterocycles. The first-order valence-electron chi connectivity index (χ1n) is 12.3. The quantitative estimate of drug-likeness (QED) is 0.232. The molecule has 3 aromatic heterocycles. The number of carbonyl (C=O) groups is 2. The number of nitrogen functional groups attached to an aromatic ring is 1. The van der Waals surface area contributed by atoms with E-state index in [1.807, 2.05) is 62.4 Å². The smallest absolute Gasteiger partial charge is 0.263 e. The van der Waals surface area contributed by atoms with E-state index in [2.05, 4.69) is 10.6 Å². The van der Waals surface area contributed by atoms with Gasteiger partial charge in [0.15, 0.2) is 0 Å². The number of fused-ring (bicyclic) bond motifs is 1. The second-order valence-electron chi connectivity index (χ2n) is 9.21. The van der Waals surface area contributed by atoms with Crippen LogP contribution in [-0.2, 0) is 6.42 Å². The number of benzene rings is 2. The second-order valence-corrected chi connectivity index (χ2v) is 10.2. The van der Waals surface area contributed by atoms with Crippen molar-refractivity contribution in [1.29, 1.82) is 0 Å². The van der Waals surface area contributed by atoms with Crippen molar-refractivity contribution in [1.82, 2.24) is 10.3 Å². The molecule has 5 rings (SSSR count). The molecule has 0 spiro atoms. The Morgan fingerprint density at radius 1 is 1.00 bits per heavy atom. The van der Waals surface area contributed by atoms with Crippen molar-refractivity contribution in [3.8, 4) is 11.3 Å². The van der Waals surface area contributed by atoms with E-state index in [1.54, 1.807) is 25.3 Å². The number of furan rings is 1. The lowest BCUT2D eigenvalue weighted by atomic mass is 9.99. The van der Waals surface area contributed by atoms with Crippen molar-refractivity contribution >= 4 is 44.7 Å². The molecule has 38 heavy (non-hydrogen) atoms. The molecule has 0 unspecified atom stereocenters. The van der Waals surface area contributed by atoms with Gasteiger partial charge in [-0.2, -0.15) is 0 Å². The zero-order valence-electron chi connectivity index (χ0n) is 21.4. The van der Waals surface area contributed by atoms with Crippen LogP contribution in [0.3, 0.4) is 0 Å².